The van der Waals surface area contributed by atoms with E-state index in [9.17, 15) is 22.4 Å². The summed E-state index contributed by atoms with van der Waals surface area (Å²) in [7, 11) is 3.76. The van der Waals surface area contributed by atoms with Crippen LogP contribution in [0.5, 0.6) is 0 Å². The average Bonchev–Trinajstić information content (AvgIpc) is 3.66. The van der Waals surface area contributed by atoms with Crippen molar-refractivity contribution in [2.75, 3.05) is 25.5 Å². The normalized spacial score (nSPS) is 18.1. The quantitative estimate of drug-likeness (QED) is 0.258. The van der Waals surface area contributed by atoms with Gasteiger partial charge in [-0.1, -0.05) is 11.2 Å². The number of likely N-dealkylation sites (tertiary alicyclic amines) is 1. The van der Waals surface area contributed by atoms with Crippen molar-refractivity contribution in [1.82, 2.24) is 29.5 Å². The van der Waals surface area contributed by atoms with Gasteiger partial charge in [-0.15, -0.1) is 0 Å². The minimum absolute atomic E-state index is 0.0351. The van der Waals surface area contributed by atoms with Crippen LogP contribution in [0.25, 0.3) is 33.3 Å². The Morgan fingerprint density at radius 2 is 1.95 bits per heavy atom. The Morgan fingerprint density at radius 3 is 2.74 bits per heavy atom. The highest BCUT2D eigenvalue weighted by Gasteiger charge is 2.32. The van der Waals surface area contributed by atoms with Crippen molar-refractivity contribution in [3.05, 3.63) is 66.2 Å². The summed E-state index contributed by atoms with van der Waals surface area (Å²) < 4.78 is 64.1. The minimum Gasteiger partial charge on any atom is -0.379 e. The van der Waals surface area contributed by atoms with E-state index in [0.717, 1.165) is 15.5 Å². The first-order valence-electron chi connectivity index (χ1n) is 13.5. The fourth-order valence-corrected chi connectivity index (χ4v) is 5.48. The highest BCUT2D eigenvalue weighted by atomic mass is 19.4. The third-order valence-electron chi connectivity index (χ3n) is 7.61. The lowest BCUT2D eigenvalue weighted by Crippen LogP contribution is -2.46. The summed E-state index contributed by atoms with van der Waals surface area (Å²) in [6, 6.07) is 13.2. The molecule has 0 bridgehead atoms. The van der Waals surface area contributed by atoms with Crippen LogP contribution in [-0.4, -0.2) is 68.6 Å². The summed E-state index contributed by atoms with van der Waals surface area (Å²) in [5, 5.41) is 11.2. The Kier molecular flexibility index (Phi) is 7.13. The van der Waals surface area contributed by atoms with E-state index in [2.05, 4.69) is 20.8 Å². The van der Waals surface area contributed by atoms with Gasteiger partial charge in [0.2, 0.25) is 11.7 Å². The smallest absolute Gasteiger partial charge is 0.379 e. The minimum atomic E-state index is -4.53. The molecule has 42 heavy (non-hydrogen) atoms. The molecule has 220 valence electrons. The zero-order valence-corrected chi connectivity index (χ0v) is 23.0. The van der Waals surface area contributed by atoms with Crippen molar-refractivity contribution in [2.24, 2.45) is 7.05 Å². The number of anilines is 1. The van der Waals surface area contributed by atoms with Crippen molar-refractivity contribution in [3.63, 3.8) is 0 Å². The molecule has 0 radical (unpaired) electrons. The number of amides is 1. The van der Waals surface area contributed by atoms with Gasteiger partial charge in [-0.05, 0) is 55.9 Å². The lowest BCUT2D eigenvalue weighted by atomic mass is 10.0. The van der Waals surface area contributed by atoms with Gasteiger partial charge in [0, 0.05) is 53.9 Å². The Hall–Kier alpha value is -4.39. The van der Waals surface area contributed by atoms with Gasteiger partial charge in [-0.25, -0.2) is 4.39 Å². The number of piperidine rings is 1. The summed E-state index contributed by atoms with van der Waals surface area (Å²) in [6.45, 7) is -0.411. The number of halogens is 4. The molecule has 1 fully saturated rings. The first-order valence-corrected chi connectivity index (χ1v) is 13.5. The molecule has 4 heterocycles. The van der Waals surface area contributed by atoms with Crippen LogP contribution in [0.15, 0.2) is 59.3 Å². The molecular formula is C29H29F4N7O2. The number of rotatable bonds is 7. The van der Waals surface area contributed by atoms with Crippen LogP contribution in [0, 0.1) is 0 Å². The lowest BCUT2D eigenvalue weighted by molar-refractivity contribution is -0.139. The highest BCUT2D eigenvalue weighted by Crippen LogP contribution is 2.35. The topological polar surface area (TPSA) is 93.2 Å². The first kappa shape index (κ1) is 27.8. The number of aromatic nitrogens is 4. The van der Waals surface area contributed by atoms with Crippen LogP contribution >= 0.6 is 0 Å². The standard InChI is InChI=1S/C29H29F4N7O2/c1-38-10-9-22(20(30)15-38)35-21-4-3-5-24-19(21)13-25(40(24)16-29(31,32)33)27-36-26(42-37-27)14-34-28(41)18-6-7-23-17(12-18)8-11-39(23)2/h3-8,11-13,20,22,35H,9-10,14-16H2,1-2H3,(H,34,41)/t20-,22+/m0/s1. The van der Waals surface area contributed by atoms with Crippen LogP contribution in [0.2, 0.25) is 0 Å². The molecule has 1 aliphatic rings. The Labute approximate surface area is 238 Å². The van der Waals surface area contributed by atoms with Crippen molar-refractivity contribution in [1.29, 1.82) is 0 Å². The van der Waals surface area contributed by atoms with Crippen molar-refractivity contribution in [3.8, 4) is 11.5 Å². The fourth-order valence-electron chi connectivity index (χ4n) is 5.48. The Morgan fingerprint density at radius 1 is 1.12 bits per heavy atom. The zero-order valence-electron chi connectivity index (χ0n) is 23.0. The van der Waals surface area contributed by atoms with Crippen molar-refractivity contribution < 1.29 is 26.9 Å². The number of hydrogen-bond acceptors (Lipinski definition) is 6. The summed E-state index contributed by atoms with van der Waals surface area (Å²) in [6.07, 6.45) is -3.19. The number of fused-ring (bicyclic) bond motifs is 2. The molecule has 1 amide bonds. The third-order valence-corrected chi connectivity index (χ3v) is 7.61. The molecule has 3 aromatic heterocycles. The van der Waals surface area contributed by atoms with Gasteiger partial charge in [0.05, 0.1) is 23.8 Å². The van der Waals surface area contributed by atoms with Gasteiger partial charge in [0.25, 0.3) is 5.91 Å². The van der Waals surface area contributed by atoms with Gasteiger partial charge in [0.1, 0.15) is 12.7 Å². The van der Waals surface area contributed by atoms with E-state index in [1.165, 1.54) is 0 Å². The number of nitrogens with one attached hydrogen (secondary N) is 2. The van der Waals surface area contributed by atoms with E-state index in [1.54, 1.807) is 36.4 Å². The molecule has 1 aliphatic heterocycles. The zero-order chi connectivity index (χ0) is 29.6. The molecule has 13 heteroatoms. The lowest BCUT2D eigenvalue weighted by Gasteiger charge is -2.33. The molecule has 2 N–H and O–H groups in total. The van der Waals surface area contributed by atoms with Gasteiger partial charge in [0.15, 0.2) is 0 Å². The first-order chi connectivity index (χ1) is 20.1. The van der Waals surface area contributed by atoms with Crippen molar-refractivity contribution in [2.45, 2.75) is 37.9 Å². The monoisotopic (exact) mass is 583 g/mol. The van der Waals surface area contributed by atoms with E-state index in [1.807, 2.05) is 41.9 Å². The van der Waals surface area contributed by atoms with Gasteiger partial charge in [-0.2, -0.15) is 18.2 Å². The van der Waals surface area contributed by atoms with Crippen LogP contribution in [0.4, 0.5) is 23.2 Å². The molecule has 1 saturated heterocycles. The largest absolute Gasteiger partial charge is 0.406 e. The maximum atomic E-state index is 14.7. The van der Waals surface area contributed by atoms with E-state index in [-0.39, 0.29) is 36.4 Å². The maximum absolute atomic E-state index is 14.7. The number of hydrogen-bond donors (Lipinski definition) is 2. The molecule has 9 nitrogen and oxygen atoms in total. The van der Waals surface area contributed by atoms with Gasteiger partial charge in [-0.3, -0.25) is 4.79 Å². The van der Waals surface area contributed by atoms with Crippen LogP contribution in [0.3, 0.4) is 0 Å². The molecule has 0 saturated carbocycles. The summed E-state index contributed by atoms with van der Waals surface area (Å²) in [4.78, 5) is 18.9. The second-order valence-corrected chi connectivity index (χ2v) is 10.7. The van der Waals surface area contributed by atoms with Crippen LogP contribution < -0.4 is 10.6 Å². The second-order valence-electron chi connectivity index (χ2n) is 10.7. The molecule has 5 aromatic rings. The molecule has 0 aliphatic carbocycles. The predicted molar refractivity (Wildman–Crippen MR) is 150 cm³/mol. The SMILES string of the molecule is CN1CC[C@@H](Nc2cccc3c2cc(-c2noc(CNC(=O)c4ccc5c(ccn5C)c4)n2)n3CC(F)(F)F)[C@@H](F)C1. The average molecular weight is 584 g/mol. The highest BCUT2D eigenvalue weighted by molar-refractivity contribution is 5.98. The van der Waals surface area contributed by atoms with E-state index >= 15 is 0 Å². The molecule has 0 spiro atoms. The van der Waals surface area contributed by atoms with Crippen molar-refractivity contribution >= 4 is 33.4 Å². The molecule has 6 rings (SSSR count). The molecule has 2 atom stereocenters. The second kappa shape index (κ2) is 10.8. The molecular weight excluding hydrogens is 554 g/mol. The van der Waals surface area contributed by atoms with Gasteiger partial charge < -0.3 is 29.2 Å². The number of carbonyl (C=O) groups is 1. The summed E-state index contributed by atoms with van der Waals surface area (Å²) in [5.74, 6) is -0.380. The number of carbonyl (C=O) groups excluding carboxylic acids is 1. The molecule has 2 aromatic carbocycles. The third kappa shape index (κ3) is 5.56. The van der Waals surface area contributed by atoms with Gasteiger partial charge >= 0.3 is 6.18 Å². The fraction of sp³-hybridized carbons (Fsp3) is 0.345. The number of benzene rings is 2. The predicted octanol–water partition coefficient (Wildman–Crippen LogP) is 5.13. The van der Waals surface area contributed by atoms with E-state index in [0.29, 0.717) is 35.1 Å². The molecule has 0 unspecified atom stereocenters. The summed E-state index contributed by atoms with van der Waals surface area (Å²) in [5.41, 5.74) is 2.34. The van der Waals surface area contributed by atoms with Crippen LogP contribution in [0.1, 0.15) is 22.7 Å². The number of nitrogens with zero attached hydrogens (tertiary/aromatic N) is 5. The maximum Gasteiger partial charge on any atom is 0.406 e. The van der Waals surface area contributed by atoms with Crippen LogP contribution in [-0.2, 0) is 20.1 Å². The Bertz CT molecular complexity index is 1760. The van der Waals surface area contributed by atoms with E-state index in [4.69, 9.17) is 4.52 Å². The number of alkyl halides is 4. The Balaban J connectivity index is 1.26. The van der Waals surface area contributed by atoms with E-state index < -0.39 is 24.9 Å². The summed E-state index contributed by atoms with van der Waals surface area (Å²) >= 11 is 0. The number of aryl methyl sites for hydroxylation is 1.